The van der Waals surface area contributed by atoms with Crippen LogP contribution in [-0.4, -0.2) is 34.9 Å². The molecule has 1 aliphatic rings. The van der Waals surface area contributed by atoms with Gasteiger partial charge in [-0.2, -0.15) is 0 Å². The van der Waals surface area contributed by atoms with Crippen LogP contribution in [0.4, 0.5) is 0 Å². The normalized spacial score (nSPS) is 24.1. The summed E-state index contributed by atoms with van der Waals surface area (Å²) in [6.07, 6.45) is 5.46. The number of rotatable bonds is 2. The number of carbonyl (C=O) groups is 1. The van der Waals surface area contributed by atoms with Crippen LogP contribution in [0.5, 0.6) is 0 Å². The summed E-state index contributed by atoms with van der Waals surface area (Å²) in [5.41, 5.74) is 7.47. The van der Waals surface area contributed by atoms with E-state index in [1.54, 1.807) is 12.4 Å². The fraction of sp³-hybridized carbons (Fsp3) is 0.571. The molecule has 0 bridgehead atoms. The van der Waals surface area contributed by atoms with Crippen LogP contribution in [0.3, 0.4) is 0 Å². The Labute approximate surface area is 108 Å². The number of hydrogen-bond donors (Lipinski definition) is 1. The van der Waals surface area contributed by atoms with E-state index in [1.165, 1.54) is 0 Å². The quantitative estimate of drug-likeness (QED) is 0.863. The molecule has 4 heteroatoms. The SMILES string of the molecule is Cc1cncc(C(=O)N2CCC(C)CC2CN)c1. The van der Waals surface area contributed by atoms with E-state index in [0.717, 1.165) is 24.9 Å². The fourth-order valence-corrected chi connectivity index (χ4v) is 2.58. The molecule has 2 N–H and O–H groups in total. The number of nitrogens with two attached hydrogens (primary N) is 1. The van der Waals surface area contributed by atoms with Crippen LogP contribution >= 0.6 is 0 Å². The van der Waals surface area contributed by atoms with E-state index < -0.39 is 0 Å². The largest absolute Gasteiger partial charge is 0.334 e. The topological polar surface area (TPSA) is 59.2 Å². The van der Waals surface area contributed by atoms with E-state index in [-0.39, 0.29) is 11.9 Å². The van der Waals surface area contributed by atoms with E-state index in [2.05, 4.69) is 11.9 Å². The van der Waals surface area contributed by atoms with Crippen molar-refractivity contribution in [1.29, 1.82) is 0 Å². The lowest BCUT2D eigenvalue weighted by molar-refractivity contribution is 0.0573. The number of amides is 1. The molecule has 0 aliphatic carbocycles. The fourth-order valence-electron chi connectivity index (χ4n) is 2.58. The highest BCUT2D eigenvalue weighted by Gasteiger charge is 2.29. The molecule has 2 unspecified atom stereocenters. The van der Waals surface area contributed by atoms with E-state index in [1.807, 2.05) is 17.9 Å². The number of hydrogen-bond acceptors (Lipinski definition) is 3. The predicted octanol–water partition coefficient (Wildman–Crippen LogP) is 1.59. The van der Waals surface area contributed by atoms with Crippen LogP contribution in [0.2, 0.25) is 0 Å². The number of likely N-dealkylation sites (tertiary alicyclic amines) is 1. The summed E-state index contributed by atoms with van der Waals surface area (Å²) < 4.78 is 0. The second kappa shape index (κ2) is 5.48. The third-order valence-electron chi connectivity index (χ3n) is 3.63. The lowest BCUT2D eigenvalue weighted by Crippen LogP contribution is -2.49. The highest BCUT2D eigenvalue weighted by Crippen LogP contribution is 2.23. The van der Waals surface area contributed by atoms with Crippen molar-refractivity contribution < 1.29 is 4.79 Å². The zero-order chi connectivity index (χ0) is 13.1. The predicted molar refractivity (Wildman–Crippen MR) is 71.3 cm³/mol. The lowest BCUT2D eigenvalue weighted by atomic mass is 9.92. The average Bonchev–Trinajstić information content (AvgIpc) is 2.37. The molecule has 0 saturated carbocycles. The summed E-state index contributed by atoms with van der Waals surface area (Å²) in [5, 5.41) is 0. The van der Waals surface area contributed by atoms with Gasteiger partial charge < -0.3 is 10.6 Å². The van der Waals surface area contributed by atoms with Gasteiger partial charge in [-0.3, -0.25) is 9.78 Å². The number of aromatic nitrogens is 1. The number of piperidine rings is 1. The monoisotopic (exact) mass is 247 g/mol. The minimum atomic E-state index is 0.0635. The van der Waals surface area contributed by atoms with E-state index in [0.29, 0.717) is 18.0 Å². The molecule has 2 rings (SSSR count). The molecule has 1 amide bonds. The third-order valence-corrected chi connectivity index (χ3v) is 3.63. The maximum absolute atomic E-state index is 12.5. The summed E-state index contributed by atoms with van der Waals surface area (Å²) in [4.78, 5) is 18.5. The summed E-state index contributed by atoms with van der Waals surface area (Å²) in [5.74, 6) is 0.715. The molecule has 4 nitrogen and oxygen atoms in total. The molecule has 1 aromatic rings. The van der Waals surface area contributed by atoms with Gasteiger partial charge in [0, 0.05) is 31.5 Å². The van der Waals surface area contributed by atoms with Gasteiger partial charge in [0.15, 0.2) is 0 Å². The van der Waals surface area contributed by atoms with Gasteiger partial charge in [-0.15, -0.1) is 0 Å². The van der Waals surface area contributed by atoms with Crippen molar-refractivity contribution in [3.8, 4) is 0 Å². The van der Waals surface area contributed by atoms with Crippen LogP contribution in [0.1, 0.15) is 35.7 Å². The maximum atomic E-state index is 12.5. The first kappa shape index (κ1) is 13.0. The van der Waals surface area contributed by atoms with Gasteiger partial charge in [-0.05, 0) is 37.3 Å². The summed E-state index contributed by atoms with van der Waals surface area (Å²) in [7, 11) is 0. The first-order valence-electron chi connectivity index (χ1n) is 6.54. The zero-order valence-electron chi connectivity index (χ0n) is 11.1. The first-order chi connectivity index (χ1) is 8.61. The molecule has 0 aromatic carbocycles. The minimum absolute atomic E-state index is 0.0635. The summed E-state index contributed by atoms with van der Waals surface area (Å²) in [6.45, 7) is 5.51. The molecule has 0 radical (unpaired) electrons. The van der Waals surface area contributed by atoms with Gasteiger partial charge in [0.05, 0.1) is 5.56 Å². The molecule has 1 fully saturated rings. The number of aryl methyl sites for hydroxylation is 1. The van der Waals surface area contributed by atoms with Gasteiger partial charge in [0.1, 0.15) is 0 Å². The highest BCUT2D eigenvalue weighted by molar-refractivity contribution is 5.94. The summed E-state index contributed by atoms with van der Waals surface area (Å²) >= 11 is 0. The van der Waals surface area contributed by atoms with Crippen LogP contribution < -0.4 is 5.73 Å². The Morgan fingerprint density at radius 3 is 3.00 bits per heavy atom. The second-order valence-electron chi connectivity index (χ2n) is 5.27. The molecule has 2 atom stereocenters. The standard InChI is InChI=1S/C14H21N3O/c1-10-3-4-17(13(6-10)7-15)14(18)12-5-11(2)8-16-9-12/h5,8-10,13H,3-4,6-7,15H2,1-2H3. The molecule has 1 saturated heterocycles. The lowest BCUT2D eigenvalue weighted by Gasteiger charge is -2.38. The van der Waals surface area contributed by atoms with Crippen molar-refractivity contribution in [2.24, 2.45) is 11.7 Å². The Kier molecular flexibility index (Phi) is 3.97. The molecule has 1 aliphatic heterocycles. The molecular weight excluding hydrogens is 226 g/mol. The van der Waals surface area contributed by atoms with Crippen molar-refractivity contribution in [3.05, 3.63) is 29.6 Å². The molecule has 98 valence electrons. The van der Waals surface area contributed by atoms with Gasteiger partial charge in [0.2, 0.25) is 0 Å². The van der Waals surface area contributed by atoms with Crippen molar-refractivity contribution in [3.63, 3.8) is 0 Å². The van der Waals surface area contributed by atoms with Crippen LogP contribution in [0.25, 0.3) is 0 Å². The Morgan fingerprint density at radius 2 is 2.33 bits per heavy atom. The van der Waals surface area contributed by atoms with Crippen LogP contribution in [-0.2, 0) is 0 Å². The van der Waals surface area contributed by atoms with Crippen molar-refractivity contribution in [2.45, 2.75) is 32.7 Å². The number of carbonyl (C=O) groups excluding carboxylic acids is 1. The average molecular weight is 247 g/mol. The molecule has 1 aromatic heterocycles. The smallest absolute Gasteiger partial charge is 0.255 e. The Hall–Kier alpha value is -1.42. The Morgan fingerprint density at radius 1 is 1.56 bits per heavy atom. The van der Waals surface area contributed by atoms with Gasteiger partial charge in [-0.1, -0.05) is 6.92 Å². The number of nitrogens with zero attached hydrogens (tertiary/aromatic N) is 2. The Balaban J connectivity index is 2.17. The van der Waals surface area contributed by atoms with Gasteiger partial charge >= 0.3 is 0 Å². The van der Waals surface area contributed by atoms with Crippen molar-refractivity contribution in [2.75, 3.05) is 13.1 Å². The van der Waals surface area contributed by atoms with Crippen LogP contribution in [0, 0.1) is 12.8 Å². The number of pyridine rings is 1. The second-order valence-corrected chi connectivity index (χ2v) is 5.27. The molecule has 18 heavy (non-hydrogen) atoms. The van der Waals surface area contributed by atoms with Crippen molar-refractivity contribution in [1.82, 2.24) is 9.88 Å². The maximum Gasteiger partial charge on any atom is 0.255 e. The van der Waals surface area contributed by atoms with Gasteiger partial charge in [0.25, 0.3) is 5.91 Å². The minimum Gasteiger partial charge on any atom is -0.334 e. The highest BCUT2D eigenvalue weighted by atomic mass is 16.2. The zero-order valence-corrected chi connectivity index (χ0v) is 11.1. The molecule has 0 spiro atoms. The molecular formula is C14H21N3O. The molecule has 2 heterocycles. The van der Waals surface area contributed by atoms with E-state index >= 15 is 0 Å². The summed E-state index contributed by atoms with van der Waals surface area (Å²) in [6, 6.07) is 2.06. The van der Waals surface area contributed by atoms with Crippen LogP contribution in [0.15, 0.2) is 18.5 Å². The van der Waals surface area contributed by atoms with E-state index in [4.69, 9.17) is 5.73 Å². The van der Waals surface area contributed by atoms with Gasteiger partial charge in [-0.25, -0.2) is 0 Å². The van der Waals surface area contributed by atoms with E-state index in [9.17, 15) is 4.79 Å². The Bertz CT molecular complexity index is 433. The van der Waals surface area contributed by atoms with Crippen molar-refractivity contribution >= 4 is 5.91 Å². The first-order valence-corrected chi connectivity index (χ1v) is 6.54. The third kappa shape index (κ3) is 2.70.